The van der Waals surface area contributed by atoms with Gasteiger partial charge in [0, 0.05) is 28.9 Å². The number of non-ortho nitro benzene ring substituents is 1. The Morgan fingerprint density at radius 1 is 1.00 bits per heavy atom. The van der Waals surface area contributed by atoms with E-state index in [1.165, 1.54) is 48.7 Å². The first-order valence-corrected chi connectivity index (χ1v) is 10.8. The van der Waals surface area contributed by atoms with E-state index in [1.54, 1.807) is 0 Å². The molecular weight excluding hydrogens is 477 g/mol. The molecule has 3 rings (SSSR count). The third-order valence-electron chi connectivity index (χ3n) is 4.31. The zero-order valence-corrected chi connectivity index (χ0v) is 17.8. The number of nitrogens with one attached hydrogen (secondary N) is 2. The molecule has 0 fully saturated rings. The molecule has 0 aliphatic rings. The number of hydrogen-bond acceptors (Lipinski definition) is 6. The topological polar surface area (TPSA) is 131 Å². The smallest absolute Gasteiger partial charge is 0.280 e. The number of benzene rings is 3. The molecular formula is C21H15F3N4O5S. The second kappa shape index (κ2) is 9.70. The van der Waals surface area contributed by atoms with Crippen LogP contribution in [-0.4, -0.2) is 25.5 Å². The number of nitrogens with zero attached hydrogens (tertiary/aromatic N) is 2. The van der Waals surface area contributed by atoms with Gasteiger partial charge in [-0.2, -0.15) is 18.3 Å². The summed E-state index contributed by atoms with van der Waals surface area (Å²) < 4.78 is 65.9. The van der Waals surface area contributed by atoms with E-state index in [0.717, 1.165) is 24.3 Å². The van der Waals surface area contributed by atoms with Crippen LogP contribution in [0.5, 0.6) is 0 Å². The number of nitro groups is 1. The molecule has 0 radical (unpaired) electrons. The van der Waals surface area contributed by atoms with Crippen LogP contribution < -0.4 is 10.1 Å². The highest BCUT2D eigenvalue weighted by atomic mass is 32.2. The van der Waals surface area contributed by atoms with Crippen molar-refractivity contribution in [3.63, 3.8) is 0 Å². The van der Waals surface area contributed by atoms with Crippen molar-refractivity contribution < 1.29 is 31.3 Å². The summed E-state index contributed by atoms with van der Waals surface area (Å²) in [5.41, 5.74) is 0.928. The molecule has 1 amide bonds. The minimum absolute atomic E-state index is 0.0943. The second-order valence-corrected chi connectivity index (χ2v) is 8.45. The van der Waals surface area contributed by atoms with Gasteiger partial charge in [0.15, 0.2) is 0 Å². The van der Waals surface area contributed by atoms with Crippen LogP contribution in [-0.2, 0) is 16.2 Å². The fraction of sp³-hybridized carbons (Fsp3) is 0.0476. The minimum atomic E-state index is -4.65. The SMILES string of the molecule is O=C(N/N=C/c1cccc([N+](=O)[O-])c1)c1cccc(S(=O)(=O)Nc2cccc(C(F)(F)F)c2)c1. The van der Waals surface area contributed by atoms with E-state index in [-0.39, 0.29) is 21.8 Å². The van der Waals surface area contributed by atoms with E-state index < -0.39 is 32.6 Å². The number of alkyl halides is 3. The number of amides is 1. The van der Waals surface area contributed by atoms with Crippen molar-refractivity contribution >= 4 is 33.5 Å². The first-order valence-electron chi connectivity index (χ1n) is 9.34. The van der Waals surface area contributed by atoms with Crippen molar-refractivity contribution in [2.75, 3.05) is 4.72 Å². The molecule has 3 aromatic rings. The van der Waals surface area contributed by atoms with Crippen LogP contribution >= 0.6 is 0 Å². The molecule has 0 saturated carbocycles. The van der Waals surface area contributed by atoms with Gasteiger partial charge in [0.25, 0.3) is 21.6 Å². The molecule has 0 atom stereocenters. The molecule has 0 aliphatic carbocycles. The average Bonchev–Trinajstić information content (AvgIpc) is 2.78. The largest absolute Gasteiger partial charge is 0.416 e. The number of nitro benzene ring substituents is 1. The Balaban J connectivity index is 1.74. The lowest BCUT2D eigenvalue weighted by Gasteiger charge is -2.12. The molecule has 176 valence electrons. The van der Waals surface area contributed by atoms with Gasteiger partial charge < -0.3 is 0 Å². The van der Waals surface area contributed by atoms with E-state index in [1.807, 2.05) is 4.72 Å². The van der Waals surface area contributed by atoms with Gasteiger partial charge in [-0.15, -0.1) is 0 Å². The third kappa shape index (κ3) is 6.16. The minimum Gasteiger partial charge on any atom is -0.280 e. The maximum absolute atomic E-state index is 12.9. The predicted molar refractivity (Wildman–Crippen MR) is 117 cm³/mol. The molecule has 0 aliphatic heterocycles. The van der Waals surface area contributed by atoms with Gasteiger partial charge in [0.2, 0.25) is 0 Å². The number of sulfonamides is 1. The van der Waals surface area contributed by atoms with Crippen LogP contribution in [0, 0.1) is 10.1 Å². The van der Waals surface area contributed by atoms with Gasteiger partial charge in [0.05, 0.1) is 21.6 Å². The van der Waals surface area contributed by atoms with Gasteiger partial charge in [-0.25, -0.2) is 13.8 Å². The molecule has 2 N–H and O–H groups in total. The standard InChI is InChI=1S/C21H15F3N4O5S/c22-21(23,24)16-6-3-7-17(12-16)27-34(32,33)19-9-2-5-15(11-19)20(29)26-25-13-14-4-1-8-18(10-14)28(30)31/h1-13,27H,(H,26,29)/b25-13+. The molecule has 0 spiro atoms. The lowest BCUT2D eigenvalue weighted by molar-refractivity contribution is -0.384. The molecule has 0 heterocycles. The van der Waals surface area contributed by atoms with E-state index in [2.05, 4.69) is 10.5 Å². The third-order valence-corrected chi connectivity index (χ3v) is 5.69. The summed E-state index contributed by atoms with van der Waals surface area (Å²) in [4.78, 5) is 22.2. The number of halogens is 3. The van der Waals surface area contributed by atoms with Crippen molar-refractivity contribution in [3.05, 3.63) is 99.6 Å². The molecule has 0 saturated heterocycles. The van der Waals surface area contributed by atoms with Gasteiger partial charge >= 0.3 is 6.18 Å². The highest BCUT2D eigenvalue weighted by Gasteiger charge is 2.30. The monoisotopic (exact) mass is 492 g/mol. The van der Waals surface area contributed by atoms with Crippen molar-refractivity contribution in [2.45, 2.75) is 11.1 Å². The summed E-state index contributed by atoms with van der Waals surface area (Å²) in [5.74, 6) is -0.780. The lowest BCUT2D eigenvalue weighted by Crippen LogP contribution is -2.19. The molecule has 34 heavy (non-hydrogen) atoms. The zero-order valence-electron chi connectivity index (χ0n) is 17.0. The second-order valence-electron chi connectivity index (χ2n) is 6.76. The van der Waals surface area contributed by atoms with Crippen LogP contribution in [0.1, 0.15) is 21.5 Å². The van der Waals surface area contributed by atoms with Gasteiger partial charge in [-0.3, -0.25) is 19.6 Å². The Kier molecular flexibility index (Phi) is 6.96. The number of carbonyl (C=O) groups excluding carboxylic acids is 1. The average molecular weight is 492 g/mol. The van der Waals surface area contributed by atoms with E-state index >= 15 is 0 Å². The predicted octanol–water partition coefficient (Wildman–Crippen LogP) is 4.18. The maximum Gasteiger partial charge on any atom is 0.416 e. The van der Waals surface area contributed by atoms with Gasteiger partial charge in [-0.05, 0) is 36.4 Å². The lowest BCUT2D eigenvalue weighted by atomic mass is 10.2. The summed E-state index contributed by atoms with van der Waals surface area (Å²) >= 11 is 0. The van der Waals surface area contributed by atoms with Gasteiger partial charge in [0.1, 0.15) is 0 Å². The summed E-state index contributed by atoms with van der Waals surface area (Å²) in [6, 6.07) is 13.9. The molecule has 13 heteroatoms. The van der Waals surface area contributed by atoms with Crippen LogP contribution in [0.2, 0.25) is 0 Å². The first-order chi connectivity index (χ1) is 16.0. The summed E-state index contributed by atoms with van der Waals surface area (Å²) in [6.45, 7) is 0. The normalized spacial score (nSPS) is 11.9. The number of hydrazone groups is 1. The zero-order chi connectivity index (χ0) is 24.9. The number of anilines is 1. The molecule has 0 bridgehead atoms. The van der Waals surface area contributed by atoms with Crippen LogP contribution in [0.4, 0.5) is 24.5 Å². The summed E-state index contributed by atoms with van der Waals surface area (Å²) in [5, 5.41) is 14.5. The Morgan fingerprint density at radius 3 is 2.41 bits per heavy atom. The highest BCUT2D eigenvalue weighted by molar-refractivity contribution is 7.92. The number of carbonyl (C=O) groups is 1. The maximum atomic E-state index is 12.9. The Hall–Kier alpha value is -4.26. The van der Waals surface area contributed by atoms with Gasteiger partial charge in [-0.1, -0.05) is 24.3 Å². The summed E-state index contributed by atoms with van der Waals surface area (Å²) in [6.07, 6.45) is -3.48. The van der Waals surface area contributed by atoms with Crippen molar-refractivity contribution in [1.29, 1.82) is 0 Å². The molecule has 9 nitrogen and oxygen atoms in total. The van der Waals surface area contributed by atoms with Crippen molar-refractivity contribution in [3.8, 4) is 0 Å². The molecule has 3 aromatic carbocycles. The van der Waals surface area contributed by atoms with Crippen LogP contribution in [0.15, 0.2) is 82.8 Å². The van der Waals surface area contributed by atoms with Crippen LogP contribution in [0.25, 0.3) is 0 Å². The summed E-state index contributed by atoms with van der Waals surface area (Å²) in [7, 11) is -4.31. The van der Waals surface area contributed by atoms with Crippen LogP contribution in [0.3, 0.4) is 0 Å². The molecule has 0 unspecified atom stereocenters. The fourth-order valence-corrected chi connectivity index (χ4v) is 3.82. The Bertz CT molecular complexity index is 1370. The number of hydrogen-bond donors (Lipinski definition) is 2. The van der Waals surface area contributed by atoms with E-state index in [4.69, 9.17) is 0 Å². The number of rotatable bonds is 7. The van der Waals surface area contributed by atoms with Crippen molar-refractivity contribution in [1.82, 2.24) is 5.43 Å². The van der Waals surface area contributed by atoms with E-state index in [0.29, 0.717) is 11.6 Å². The molecule has 0 aromatic heterocycles. The Morgan fingerprint density at radius 2 is 1.71 bits per heavy atom. The Labute approximate surface area is 191 Å². The first kappa shape index (κ1) is 24.4. The van der Waals surface area contributed by atoms with E-state index in [9.17, 15) is 36.5 Å². The fourth-order valence-electron chi connectivity index (χ4n) is 2.73. The highest BCUT2D eigenvalue weighted by Crippen LogP contribution is 2.31. The van der Waals surface area contributed by atoms with Crippen molar-refractivity contribution in [2.24, 2.45) is 5.10 Å². The quantitative estimate of drug-likeness (QED) is 0.290.